The number of hydrogen-bond donors (Lipinski definition) is 2. The molecule has 144 valence electrons. The van der Waals surface area contributed by atoms with Gasteiger partial charge in [0, 0.05) is 28.9 Å². The fourth-order valence-corrected chi connectivity index (χ4v) is 3.13. The van der Waals surface area contributed by atoms with Gasteiger partial charge in [-0.05, 0) is 46.3 Å². The van der Waals surface area contributed by atoms with E-state index < -0.39 is 0 Å². The van der Waals surface area contributed by atoms with Gasteiger partial charge in [-0.3, -0.25) is 0 Å². The molecule has 3 N–H and O–H groups in total. The van der Waals surface area contributed by atoms with Gasteiger partial charge in [-0.15, -0.1) is 0 Å². The summed E-state index contributed by atoms with van der Waals surface area (Å²) in [7, 11) is 7.34. The Kier molecular flexibility index (Phi) is 13.4. The quantitative estimate of drug-likeness (QED) is 0.765. The zero-order valence-electron chi connectivity index (χ0n) is 17.2. The molecule has 0 fully saturated rings. The predicted molar refractivity (Wildman–Crippen MR) is 118 cm³/mol. The molecule has 0 saturated heterocycles. The molecule has 0 spiro atoms. The summed E-state index contributed by atoms with van der Waals surface area (Å²) in [4.78, 5) is 9.56. The monoisotopic (exact) mass is 374 g/mol. The molecule has 26 heavy (non-hydrogen) atoms. The summed E-state index contributed by atoms with van der Waals surface area (Å²) in [5.74, 6) is 1.05. The number of benzene rings is 2. The fourth-order valence-electron chi connectivity index (χ4n) is 2.11. The molecule has 0 unspecified atom stereocenters. The molecule has 0 aromatic heterocycles. The first-order chi connectivity index (χ1) is 12.7. The van der Waals surface area contributed by atoms with Gasteiger partial charge in [-0.2, -0.15) is 0 Å². The molecule has 0 aliphatic carbocycles. The van der Waals surface area contributed by atoms with Gasteiger partial charge in [0.05, 0.1) is 5.69 Å². The van der Waals surface area contributed by atoms with Crippen molar-refractivity contribution in [3.63, 3.8) is 0 Å². The maximum atomic E-state index is 4.87. The third-order valence-electron chi connectivity index (χ3n) is 3.28. The van der Waals surface area contributed by atoms with E-state index in [9.17, 15) is 0 Å². The van der Waals surface area contributed by atoms with Gasteiger partial charge in [0.25, 0.3) is 0 Å². The van der Waals surface area contributed by atoms with Gasteiger partial charge >= 0.3 is 0 Å². The Morgan fingerprint density at radius 2 is 1.46 bits per heavy atom. The van der Waals surface area contributed by atoms with Crippen LogP contribution in [0.1, 0.15) is 26.3 Å². The molecule has 0 saturated carbocycles. The smallest absolute Gasteiger partial charge is 0.137 e. The highest BCUT2D eigenvalue weighted by molar-refractivity contribution is 7.99. The minimum atomic E-state index is 0.944. The molecule has 0 atom stereocenters. The van der Waals surface area contributed by atoms with Crippen LogP contribution in [0.4, 0.5) is 5.69 Å². The van der Waals surface area contributed by atoms with Crippen molar-refractivity contribution in [2.75, 3.05) is 34.7 Å². The number of aliphatic imine (C=N–C) groups is 1. The lowest BCUT2D eigenvalue weighted by molar-refractivity contribution is 0.536. The lowest BCUT2D eigenvalue weighted by Gasteiger charge is -2.20. The Bertz CT molecular complexity index is 656. The summed E-state index contributed by atoms with van der Waals surface area (Å²) in [6, 6.07) is 16.8. The number of nitrogens with one attached hydrogen (secondary N) is 1. The van der Waals surface area contributed by atoms with Crippen LogP contribution in [0.2, 0.25) is 0 Å². The van der Waals surface area contributed by atoms with Crippen molar-refractivity contribution in [2.24, 2.45) is 10.7 Å². The summed E-state index contributed by atoms with van der Waals surface area (Å²) in [6.45, 7) is 7.09. The van der Waals surface area contributed by atoms with Crippen LogP contribution in [-0.4, -0.2) is 45.5 Å². The van der Waals surface area contributed by atoms with Crippen LogP contribution in [0, 0.1) is 0 Å². The summed E-state index contributed by atoms with van der Waals surface area (Å²) in [5, 5.41) is 2.75. The number of nitrogens with two attached hydrogens (primary N) is 1. The van der Waals surface area contributed by atoms with Crippen molar-refractivity contribution in [1.82, 2.24) is 10.2 Å². The molecule has 2 aromatic carbocycles. The summed E-state index contributed by atoms with van der Waals surface area (Å²) >= 11 is 1.79. The van der Waals surface area contributed by atoms with Gasteiger partial charge in [0.15, 0.2) is 0 Å². The third kappa shape index (κ3) is 6.83. The highest BCUT2D eigenvalue weighted by Crippen LogP contribution is 2.40. The zero-order chi connectivity index (χ0) is 19.9. The maximum Gasteiger partial charge on any atom is 0.137 e. The van der Waals surface area contributed by atoms with Crippen molar-refractivity contribution < 1.29 is 0 Å². The Hall–Kier alpha value is -1.82. The van der Waals surface area contributed by atoms with Crippen molar-refractivity contribution >= 4 is 23.3 Å². The van der Waals surface area contributed by atoms with Crippen molar-refractivity contribution in [3.05, 3.63) is 54.1 Å². The van der Waals surface area contributed by atoms with Crippen LogP contribution in [-0.2, 0) is 0 Å². The first-order valence-electron chi connectivity index (χ1n) is 9.03. The normalized spacial score (nSPS) is 10.7. The fraction of sp³-hybridized carbons (Fsp3) is 0.381. The second-order valence-electron chi connectivity index (χ2n) is 5.02. The van der Waals surface area contributed by atoms with E-state index in [1.165, 1.54) is 22.4 Å². The lowest BCUT2D eigenvalue weighted by atomic mass is 10.2. The number of nitrogens with zero attached hydrogens (tertiary/aromatic N) is 2. The topological polar surface area (TPSA) is 53.6 Å². The molecular weight excluding hydrogens is 340 g/mol. The number of fused-ring (bicyclic) bond motifs is 2. The molecular formula is C21H34N4S. The SMILES string of the molecule is CC.CCN(C)C1=Nc2ccccc2Sc2ccccc21.CN.CNC. The van der Waals surface area contributed by atoms with E-state index >= 15 is 0 Å². The van der Waals surface area contributed by atoms with Crippen LogP contribution in [0.5, 0.6) is 0 Å². The molecule has 1 aliphatic heterocycles. The Morgan fingerprint density at radius 1 is 0.962 bits per heavy atom. The summed E-state index contributed by atoms with van der Waals surface area (Å²) in [5.41, 5.74) is 6.77. The van der Waals surface area contributed by atoms with Crippen LogP contribution >= 0.6 is 11.8 Å². The van der Waals surface area contributed by atoms with Gasteiger partial charge in [0.1, 0.15) is 5.84 Å². The van der Waals surface area contributed by atoms with Crippen LogP contribution in [0.25, 0.3) is 0 Å². The predicted octanol–water partition coefficient (Wildman–Crippen LogP) is 4.62. The number of amidine groups is 1. The number of para-hydroxylation sites is 1. The molecule has 0 amide bonds. The second-order valence-corrected chi connectivity index (χ2v) is 6.10. The molecule has 0 radical (unpaired) electrons. The number of rotatable bonds is 1. The van der Waals surface area contributed by atoms with Crippen molar-refractivity contribution in [1.29, 1.82) is 0 Å². The van der Waals surface area contributed by atoms with Crippen molar-refractivity contribution in [2.45, 2.75) is 30.6 Å². The minimum absolute atomic E-state index is 0.944. The Labute approximate surface area is 163 Å². The highest BCUT2D eigenvalue weighted by Gasteiger charge is 2.18. The lowest BCUT2D eigenvalue weighted by Crippen LogP contribution is -2.27. The van der Waals surface area contributed by atoms with E-state index in [1.54, 1.807) is 11.8 Å². The third-order valence-corrected chi connectivity index (χ3v) is 4.42. The largest absolute Gasteiger partial charge is 0.359 e. The van der Waals surface area contributed by atoms with Gasteiger partial charge in [0.2, 0.25) is 0 Å². The molecule has 4 nitrogen and oxygen atoms in total. The Balaban J connectivity index is 0.000000793. The van der Waals surface area contributed by atoms with E-state index in [0.717, 1.165) is 18.1 Å². The highest BCUT2D eigenvalue weighted by atomic mass is 32.2. The van der Waals surface area contributed by atoms with Crippen LogP contribution in [0.15, 0.2) is 63.3 Å². The molecule has 1 heterocycles. The van der Waals surface area contributed by atoms with E-state index in [0.29, 0.717) is 0 Å². The first kappa shape index (κ1) is 24.2. The molecule has 2 aromatic rings. The average Bonchev–Trinajstić information content (AvgIpc) is 2.88. The zero-order valence-corrected chi connectivity index (χ0v) is 18.0. The molecule has 5 heteroatoms. The second kappa shape index (κ2) is 14.4. The maximum absolute atomic E-state index is 4.87. The van der Waals surface area contributed by atoms with E-state index in [1.807, 2.05) is 34.0 Å². The molecule has 0 bridgehead atoms. The number of hydrogen-bond acceptors (Lipinski definition) is 5. The van der Waals surface area contributed by atoms with Crippen LogP contribution < -0.4 is 11.1 Å². The van der Waals surface area contributed by atoms with Crippen LogP contribution in [0.3, 0.4) is 0 Å². The van der Waals surface area contributed by atoms with E-state index in [-0.39, 0.29) is 0 Å². The van der Waals surface area contributed by atoms with Gasteiger partial charge in [-0.25, -0.2) is 4.99 Å². The van der Waals surface area contributed by atoms with E-state index in [4.69, 9.17) is 4.99 Å². The summed E-state index contributed by atoms with van der Waals surface area (Å²) < 4.78 is 0. The minimum Gasteiger partial charge on any atom is -0.359 e. The van der Waals surface area contributed by atoms with E-state index in [2.05, 4.69) is 72.4 Å². The average molecular weight is 375 g/mol. The molecule has 3 rings (SSSR count). The Morgan fingerprint density at radius 3 is 2.04 bits per heavy atom. The first-order valence-corrected chi connectivity index (χ1v) is 9.85. The van der Waals surface area contributed by atoms with Crippen molar-refractivity contribution in [3.8, 4) is 0 Å². The van der Waals surface area contributed by atoms with Gasteiger partial charge in [-0.1, -0.05) is 55.9 Å². The summed E-state index contributed by atoms with van der Waals surface area (Å²) in [6.07, 6.45) is 0. The standard InChI is InChI=1S/C16H16N2S.C2H7N.C2H6.CH5N/c1-3-18(2)16-12-8-4-6-10-14(12)19-15-11-7-5-9-13(15)17-16;1-3-2;2*1-2/h4-11H,3H2,1-2H3;3H,1-2H3;1-2H3;2H2,1H3. The van der Waals surface area contributed by atoms with Gasteiger partial charge < -0.3 is 16.0 Å². The molecule has 1 aliphatic rings.